The van der Waals surface area contributed by atoms with Crippen LogP contribution in [-0.2, 0) is 4.79 Å². The number of hydrogen-bond acceptors (Lipinski definition) is 2. The lowest BCUT2D eigenvalue weighted by Crippen LogP contribution is -2.27. The molecule has 3 nitrogen and oxygen atoms in total. The van der Waals surface area contributed by atoms with Crippen molar-refractivity contribution >= 4 is 34.8 Å². The maximum absolute atomic E-state index is 11.6. The Morgan fingerprint density at radius 1 is 1.05 bits per heavy atom. The smallest absolute Gasteiger partial charge is 0.244 e. The lowest BCUT2D eigenvalue weighted by molar-refractivity contribution is -0.118. The van der Waals surface area contributed by atoms with Crippen molar-refractivity contribution < 1.29 is 4.79 Å². The van der Waals surface area contributed by atoms with Gasteiger partial charge in [-0.1, -0.05) is 53.5 Å². The van der Waals surface area contributed by atoms with Crippen LogP contribution in [-0.4, -0.2) is 5.91 Å². The van der Waals surface area contributed by atoms with E-state index in [0.29, 0.717) is 15.7 Å². The van der Waals surface area contributed by atoms with Crippen LogP contribution in [0.25, 0.3) is 0 Å². The van der Waals surface area contributed by atoms with Crippen LogP contribution >= 0.6 is 23.2 Å². The molecule has 0 bridgehead atoms. The molecule has 2 rings (SSSR count). The highest BCUT2D eigenvalue weighted by Crippen LogP contribution is 2.27. The van der Waals surface area contributed by atoms with Gasteiger partial charge in [0.15, 0.2) is 0 Å². The third-order valence-electron chi connectivity index (χ3n) is 2.65. The Balaban J connectivity index is 2.27. The van der Waals surface area contributed by atoms with E-state index in [9.17, 15) is 4.79 Å². The van der Waals surface area contributed by atoms with Crippen molar-refractivity contribution in [2.45, 2.75) is 6.04 Å². The summed E-state index contributed by atoms with van der Waals surface area (Å²) in [5.74, 6) is -0.461. The maximum Gasteiger partial charge on any atom is 0.244 e. The number of nitrogens with one attached hydrogen (secondary N) is 1. The minimum absolute atomic E-state index is 0.419. The first-order valence-electron chi connectivity index (χ1n) is 5.64. The molecule has 2 aromatic rings. The number of carbonyl (C=O) groups is 1. The molecule has 0 aliphatic heterocycles. The molecule has 0 aliphatic rings. The third kappa shape index (κ3) is 3.40. The van der Waals surface area contributed by atoms with Crippen molar-refractivity contribution in [2.24, 2.45) is 5.73 Å². The Labute approximate surface area is 121 Å². The van der Waals surface area contributed by atoms with Gasteiger partial charge in [0.1, 0.15) is 6.04 Å². The first-order valence-corrected chi connectivity index (χ1v) is 6.39. The van der Waals surface area contributed by atoms with Gasteiger partial charge in [0, 0.05) is 5.69 Å². The van der Waals surface area contributed by atoms with Crippen LogP contribution in [0.3, 0.4) is 0 Å². The molecular weight excluding hydrogens is 283 g/mol. The lowest BCUT2D eigenvalue weighted by Gasteiger charge is -2.17. The number of anilines is 1. The van der Waals surface area contributed by atoms with Crippen molar-refractivity contribution in [3.8, 4) is 0 Å². The summed E-state index contributed by atoms with van der Waals surface area (Å²) in [6, 6.07) is 13.7. The summed E-state index contributed by atoms with van der Waals surface area (Å²) in [5.41, 5.74) is 6.90. The zero-order valence-electron chi connectivity index (χ0n) is 9.94. The van der Waals surface area contributed by atoms with Gasteiger partial charge in [-0.25, -0.2) is 0 Å². The predicted octanol–water partition coefficient (Wildman–Crippen LogP) is 3.63. The predicted molar refractivity (Wildman–Crippen MR) is 78.5 cm³/mol. The van der Waals surface area contributed by atoms with E-state index in [2.05, 4.69) is 5.32 Å². The Morgan fingerprint density at radius 2 is 1.74 bits per heavy atom. The normalized spacial score (nSPS) is 11.9. The first kappa shape index (κ1) is 13.7. The molecule has 0 heterocycles. The fourth-order valence-corrected chi connectivity index (χ4v) is 2.01. The summed E-state index contributed by atoms with van der Waals surface area (Å²) in [6.07, 6.45) is 0. The number of carbonyl (C=O) groups excluding carboxylic acids is 1. The average molecular weight is 295 g/mol. The second kappa shape index (κ2) is 5.95. The number of rotatable bonds is 4. The van der Waals surface area contributed by atoms with Gasteiger partial charge in [-0.05, 0) is 23.8 Å². The van der Waals surface area contributed by atoms with E-state index >= 15 is 0 Å². The summed E-state index contributed by atoms with van der Waals surface area (Å²) >= 11 is 11.8. The summed E-state index contributed by atoms with van der Waals surface area (Å²) in [5, 5.41) is 3.93. The zero-order valence-corrected chi connectivity index (χ0v) is 11.4. The van der Waals surface area contributed by atoms with Crippen LogP contribution in [0, 0.1) is 0 Å². The Kier molecular flexibility index (Phi) is 4.30. The summed E-state index contributed by atoms with van der Waals surface area (Å²) < 4.78 is 0. The van der Waals surface area contributed by atoms with Crippen molar-refractivity contribution in [1.29, 1.82) is 0 Å². The number of amides is 1. The topological polar surface area (TPSA) is 55.1 Å². The van der Waals surface area contributed by atoms with Crippen molar-refractivity contribution in [3.63, 3.8) is 0 Å². The Bertz CT molecular complexity index is 587. The molecule has 1 atom stereocenters. The van der Waals surface area contributed by atoms with Gasteiger partial charge in [-0.3, -0.25) is 4.79 Å². The summed E-state index contributed by atoms with van der Waals surface area (Å²) in [4.78, 5) is 11.6. The lowest BCUT2D eigenvalue weighted by atomic mass is 10.1. The Hall–Kier alpha value is -1.71. The first-order chi connectivity index (χ1) is 9.08. The molecule has 1 unspecified atom stereocenters. The molecule has 19 heavy (non-hydrogen) atoms. The quantitative estimate of drug-likeness (QED) is 0.905. The van der Waals surface area contributed by atoms with Crippen LogP contribution in [0.2, 0.25) is 10.0 Å². The van der Waals surface area contributed by atoms with E-state index in [1.165, 1.54) is 0 Å². The number of benzene rings is 2. The van der Waals surface area contributed by atoms with Crippen LogP contribution < -0.4 is 11.1 Å². The molecule has 1 amide bonds. The SMILES string of the molecule is NC(=O)C(Nc1ccc(Cl)c(Cl)c1)c1ccccc1. The fraction of sp³-hybridized carbons (Fsp3) is 0.0714. The molecule has 0 saturated heterocycles. The van der Waals surface area contributed by atoms with Gasteiger partial charge in [0.05, 0.1) is 10.0 Å². The van der Waals surface area contributed by atoms with E-state index in [-0.39, 0.29) is 0 Å². The van der Waals surface area contributed by atoms with Gasteiger partial charge in [0.25, 0.3) is 0 Å². The van der Waals surface area contributed by atoms with Crippen LogP contribution in [0.4, 0.5) is 5.69 Å². The molecule has 2 aromatic carbocycles. The second-order valence-corrected chi connectivity index (χ2v) is 4.83. The van der Waals surface area contributed by atoms with Crippen molar-refractivity contribution in [3.05, 3.63) is 64.1 Å². The molecule has 0 aliphatic carbocycles. The molecule has 0 fully saturated rings. The van der Waals surface area contributed by atoms with Crippen LogP contribution in [0.1, 0.15) is 11.6 Å². The van der Waals surface area contributed by atoms with Crippen LogP contribution in [0.15, 0.2) is 48.5 Å². The second-order valence-electron chi connectivity index (χ2n) is 4.02. The number of primary amides is 1. The molecule has 3 N–H and O–H groups in total. The zero-order chi connectivity index (χ0) is 13.8. The van der Waals surface area contributed by atoms with Gasteiger partial charge in [-0.2, -0.15) is 0 Å². The molecule has 98 valence electrons. The van der Waals surface area contributed by atoms with Gasteiger partial charge in [0.2, 0.25) is 5.91 Å². The summed E-state index contributed by atoms with van der Waals surface area (Å²) in [7, 11) is 0. The third-order valence-corrected chi connectivity index (χ3v) is 3.39. The highest BCUT2D eigenvalue weighted by molar-refractivity contribution is 6.42. The molecule has 0 spiro atoms. The monoisotopic (exact) mass is 294 g/mol. The standard InChI is InChI=1S/C14H12Cl2N2O/c15-11-7-6-10(8-12(11)16)18-13(14(17)19)9-4-2-1-3-5-9/h1-8,13,18H,(H2,17,19). The van der Waals surface area contributed by atoms with Crippen molar-refractivity contribution in [1.82, 2.24) is 0 Å². The van der Waals surface area contributed by atoms with Gasteiger partial charge < -0.3 is 11.1 Å². The molecule has 0 saturated carbocycles. The maximum atomic E-state index is 11.6. The van der Waals surface area contributed by atoms with E-state index in [1.54, 1.807) is 18.2 Å². The average Bonchev–Trinajstić information content (AvgIpc) is 2.40. The minimum Gasteiger partial charge on any atom is -0.370 e. The number of halogens is 2. The number of nitrogens with two attached hydrogens (primary N) is 1. The van der Waals surface area contributed by atoms with Crippen molar-refractivity contribution in [2.75, 3.05) is 5.32 Å². The minimum atomic E-state index is -0.613. The molecular formula is C14H12Cl2N2O. The van der Waals surface area contributed by atoms with E-state index in [0.717, 1.165) is 5.56 Å². The van der Waals surface area contributed by atoms with Gasteiger partial charge in [-0.15, -0.1) is 0 Å². The Morgan fingerprint density at radius 3 is 2.32 bits per heavy atom. The van der Waals surface area contributed by atoms with E-state index in [1.807, 2.05) is 30.3 Å². The van der Waals surface area contributed by atoms with E-state index < -0.39 is 11.9 Å². The number of hydrogen-bond donors (Lipinski definition) is 2. The largest absolute Gasteiger partial charge is 0.370 e. The molecule has 0 radical (unpaired) electrons. The van der Waals surface area contributed by atoms with Gasteiger partial charge >= 0.3 is 0 Å². The fourth-order valence-electron chi connectivity index (χ4n) is 1.72. The molecule has 0 aromatic heterocycles. The highest BCUT2D eigenvalue weighted by Gasteiger charge is 2.17. The van der Waals surface area contributed by atoms with Crippen LogP contribution in [0.5, 0.6) is 0 Å². The van der Waals surface area contributed by atoms with E-state index in [4.69, 9.17) is 28.9 Å². The molecule has 5 heteroatoms. The highest BCUT2D eigenvalue weighted by atomic mass is 35.5. The summed E-state index contributed by atoms with van der Waals surface area (Å²) in [6.45, 7) is 0.